The molecule has 1 aliphatic rings. The van der Waals surface area contributed by atoms with Crippen LogP contribution in [0.2, 0.25) is 0 Å². The van der Waals surface area contributed by atoms with E-state index in [0.717, 1.165) is 4.88 Å². The van der Waals surface area contributed by atoms with Gasteiger partial charge in [-0.1, -0.05) is 6.07 Å². The topological polar surface area (TPSA) is 84.9 Å². The van der Waals surface area contributed by atoms with Crippen molar-refractivity contribution in [1.82, 2.24) is 4.90 Å². The lowest BCUT2D eigenvalue weighted by atomic mass is 10.1. The number of anilines is 1. The van der Waals surface area contributed by atoms with Crippen molar-refractivity contribution >= 4 is 45.5 Å². The fraction of sp³-hybridized carbons (Fsp3) is 0.353. The van der Waals surface area contributed by atoms with Gasteiger partial charge in [0.2, 0.25) is 5.91 Å². The molecule has 2 aromatic rings. The Morgan fingerprint density at radius 2 is 2.04 bits per heavy atom. The molecule has 2 amide bonds. The van der Waals surface area contributed by atoms with E-state index in [1.807, 2.05) is 17.5 Å². The van der Waals surface area contributed by atoms with Crippen LogP contribution >= 0.6 is 22.7 Å². The number of esters is 1. The minimum Gasteiger partial charge on any atom is -0.452 e. The maximum atomic E-state index is 12.7. The second kappa shape index (κ2) is 8.43. The molecule has 0 radical (unpaired) electrons. The van der Waals surface area contributed by atoms with Crippen LogP contribution in [0, 0.1) is 0 Å². The van der Waals surface area contributed by atoms with E-state index in [-0.39, 0.29) is 24.0 Å². The average Bonchev–Trinajstić information content (AvgIpc) is 3.29. The third-order valence-corrected chi connectivity index (χ3v) is 5.56. The molecule has 138 valence electrons. The molecule has 0 aliphatic carbocycles. The summed E-state index contributed by atoms with van der Waals surface area (Å²) in [5.74, 6) is -1.15. The highest BCUT2D eigenvalue weighted by molar-refractivity contribution is 7.17. The molecule has 3 rings (SSSR count). The Hall–Kier alpha value is -2.23. The zero-order valence-electron chi connectivity index (χ0n) is 14.1. The van der Waals surface area contributed by atoms with Gasteiger partial charge in [-0.3, -0.25) is 9.59 Å². The molecule has 1 aliphatic heterocycles. The van der Waals surface area contributed by atoms with E-state index < -0.39 is 5.97 Å². The Bertz CT molecular complexity index is 794. The van der Waals surface area contributed by atoms with Crippen LogP contribution in [-0.4, -0.2) is 55.6 Å². The van der Waals surface area contributed by atoms with E-state index in [4.69, 9.17) is 9.47 Å². The van der Waals surface area contributed by atoms with Crippen LogP contribution in [0.15, 0.2) is 22.9 Å². The average molecular weight is 394 g/mol. The van der Waals surface area contributed by atoms with Crippen molar-refractivity contribution < 1.29 is 23.9 Å². The van der Waals surface area contributed by atoms with Crippen molar-refractivity contribution in [3.05, 3.63) is 28.5 Å². The Morgan fingerprint density at radius 3 is 2.69 bits per heavy atom. The molecule has 0 unspecified atom stereocenters. The van der Waals surface area contributed by atoms with Gasteiger partial charge in [-0.05, 0) is 11.4 Å². The van der Waals surface area contributed by atoms with Crippen LogP contribution < -0.4 is 5.32 Å². The first-order chi connectivity index (χ1) is 12.6. The number of hydrogen-bond donors (Lipinski definition) is 1. The maximum Gasteiger partial charge on any atom is 0.342 e. The highest BCUT2D eigenvalue weighted by Gasteiger charge is 2.25. The zero-order chi connectivity index (χ0) is 18.5. The molecule has 3 heterocycles. The van der Waals surface area contributed by atoms with Crippen LogP contribution in [0.3, 0.4) is 0 Å². The highest BCUT2D eigenvalue weighted by Crippen LogP contribution is 2.38. The van der Waals surface area contributed by atoms with Crippen LogP contribution in [-0.2, 0) is 19.1 Å². The Labute approximate surface area is 158 Å². The number of ether oxygens (including phenoxy) is 2. The number of hydrogen-bond acceptors (Lipinski definition) is 7. The maximum absolute atomic E-state index is 12.7. The van der Waals surface area contributed by atoms with Crippen molar-refractivity contribution in [2.45, 2.75) is 6.92 Å². The Balaban J connectivity index is 1.75. The Kier molecular flexibility index (Phi) is 6.02. The summed E-state index contributed by atoms with van der Waals surface area (Å²) in [4.78, 5) is 38.8. The van der Waals surface area contributed by atoms with Crippen molar-refractivity contribution in [2.75, 3.05) is 38.2 Å². The summed E-state index contributed by atoms with van der Waals surface area (Å²) < 4.78 is 10.5. The van der Waals surface area contributed by atoms with E-state index in [1.165, 1.54) is 29.6 Å². The first kappa shape index (κ1) is 18.6. The number of thiophene rings is 2. The van der Waals surface area contributed by atoms with Gasteiger partial charge < -0.3 is 19.7 Å². The van der Waals surface area contributed by atoms with Gasteiger partial charge in [0.15, 0.2) is 6.61 Å². The van der Waals surface area contributed by atoms with E-state index in [0.29, 0.717) is 36.9 Å². The highest BCUT2D eigenvalue weighted by atomic mass is 32.1. The number of morpholine rings is 1. The summed E-state index contributed by atoms with van der Waals surface area (Å²) in [7, 11) is 0. The molecule has 0 atom stereocenters. The van der Waals surface area contributed by atoms with Crippen LogP contribution in [0.25, 0.3) is 10.4 Å². The first-order valence-corrected chi connectivity index (χ1v) is 9.78. The molecule has 26 heavy (non-hydrogen) atoms. The number of carbonyl (C=O) groups excluding carboxylic acids is 3. The van der Waals surface area contributed by atoms with Crippen LogP contribution in [0.1, 0.15) is 17.3 Å². The fourth-order valence-electron chi connectivity index (χ4n) is 2.53. The van der Waals surface area contributed by atoms with Gasteiger partial charge in [-0.25, -0.2) is 4.79 Å². The second-order valence-electron chi connectivity index (χ2n) is 5.58. The van der Waals surface area contributed by atoms with Gasteiger partial charge in [0.05, 0.1) is 13.2 Å². The summed E-state index contributed by atoms with van der Waals surface area (Å²) in [5, 5.41) is 6.79. The van der Waals surface area contributed by atoms with E-state index >= 15 is 0 Å². The third-order valence-electron chi connectivity index (χ3n) is 3.76. The standard InChI is InChI=1S/C17H18N2O5S2/c1-11(20)18-16-15(12(10-26-16)13-3-2-8-25-13)17(22)24-9-14(21)19-4-6-23-7-5-19/h2-3,8,10H,4-7,9H2,1H3,(H,18,20). The molecule has 1 saturated heterocycles. The van der Waals surface area contributed by atoms with Crippen molar-refractivity contribution in [3.8, 4) is 10.4 Å². The van der Waals surface area contributed by atoms with Crippen molar-refractivity contribution in [3.63, 3.8) is 0 Å². The predicted octanol–water partition coefficient (Wildman–Crippen LogP) is 2.45. The van der Waals surface area contributed by atoms with Gasteiger partial charge >= 0.3 is 5.97 Å². The fourth-order valence-corrected chi connectivity index (χ4v) is 4.35. The van der Waals surface area contributed by atoms with Crippen molar-refractivity contribution in [1.29, 1.82) is 0 Å². The molecular formula is C17H18N2O5S2. The van der Waals surface area contributed by atoms with Gasteiger partial charge in [0.25, 0.3) is 5.91 Å². The normalized spacial score (nSPS) is 14.1. The molecule has 1 N–H and O–H groups in total. The summed E-state index contributed by atoms with van der Waals surface area (Å²) in [6.07, 6.45) is 0. The summed E-state index contributed by atoms with van der Waals surface area (Å²) in [6.45, 7) is 3.00. The summed E-state index contributed by atoms with van der Waals surface area (Å²) in [6, 6.07) is 3.77. The smallest absolute Gasteiger partial charge is 0.342 e. The monoisotopic (exact) mass is 394 g/mol. The molecule has 0 spiro atoms. The van der Waals surface area contributed by atoms with Crippen LogP contribution in [0.5, 0.6) is 0 Å². The molecule has 0 aromatic carbocycles. The SMILES string of the molecule is CC(=O)Nc1scc(-c2cccs2)c1C(=O)OCC(=O)N1CCOCC1. The molecule has 7 nitrogen and oxygen atoms in total. The van der Waals surface area contributed by atoms with E-state index in [2.05, 4.69) is 5.32 Å². The molecule has 1 fully saturated rings. The molecule has 2 aromatic heterocycles. The van der Waals surface area contributed by atoms with Crippen LogP contribution in [0.4, 0.5) is 5.00 Å². The van der Waals surface area contributed by atoms with Gasteiger partial charge in [0.1, 0.15) is 10.6 Å². The van der Waals surface area contributed by atoms with Gasteiger partial charge in [-0.2, -0.15) is 0 Å². The summed E-state index contributed by atoms with van der Waals surface area (Å²) >= 11 is 2.74. The van der Waals surface area contributed by atoms with Gasteiger partial charge in [0, 0.05) is 35.8 Å². The Morgan fingerprint density at radius 1 is 1.27 bits per heavy atom. The predicted molar refractivity (Wildman–Crippen MR) is 99.6 cm³/mol. The van der Waals surface area contributed by atoms with E-state index in [9.17, 15) is 14.4 Å². The lowest BCUT2D eigenvalue weighted by Gasteiger charge is -2.26. The lowest BCUT2D eigenvalue weighted by molar-refractivity contribution is -0.138. The minimum atomic E-state index is -0.625. The quantitative estimate of drug-likeness (QED) is 0.788. The zero-order valence-corrected chi connectivity index (χ0v) is 15.8. The number of carbonyl (C=O) groups is 3. The molecular weight excluding hydrogens is 376 g/mol. The summed E-state index contributed by atoms with van der Waals surface area (Å²) in [5.41, 5.74) is 0.972. The largest absolute Gasteiger partial charge is 0.452 e. The lowest BCUT2D eigenvalue weighted by Crippen LogP contribution is -2.42. The molecule has 0 bridgehead atoms. The first-order valence-electron chi connectivity index (χ1n) is 8.02. The second-order valence-corrected chi connectivity index (χ2v) is 7.41. The number of nitrogens with zero attached hydrogens (tertiary/aromatic N) is 1. The third kappa shape index (κ3) is 4.29. The van der Waals surface area contributed by atoms with Crippen molar-refractivity contribution in [2.24, 2.45) is 0 Å². The molecule has 0 saturated carbocycles. The number of nitrogens with one attached hydrogen (secondary N) is 1. The van der Waals surface area contributed by atoms with Gasteiger partial charge in [-0.15, -0.1) is 22.7 Å². The number of rotatable bonds is 5. The molecule has 9 heteroatoms. The van der Waals surface area contributed by atoms with E-state index in [1.54, 1.807) is 10.3 Å². The number of amides is 2. The minimum absolute atomic E-state index is 0.254.